The lowest BCUT2D eigenvalue weighted by Gasteiger charge is -2.25. The monoisotopic (exact) mass is 719 g/mol. The van der Waals surface area contributed by atoms with Crippen molar-refractivity contribution in [3.8, 4) is 0 Å². The zero-order valence-electron chi connectivity index (χ0n) is 32.7. The van der Waals surface area contributed by atoms with E-state index in [1.165, 1.54) is 51.4 Å². The number of rotatable bonds is 34. The van der Waals surface area contributed by atoms with Gasteiger partial charge in [-0.3, -0.25) is 9.59 Å². The summed E-state index contributed by atoms with van der Waals surface area (Å²) in [6.45, 7) is 4.60. The fourth-order valence-electron chi connectivity index (χ4n) is 4.79. The third kappa shape index (κ3) is 35.2. The molecule has 0 rings (SSSR count). The number of carboxylic acid groups (broad SMARTS) is 1. The minimum absolute atomic E-state index is 0.0269. The third-order valence-corrected chi connectivity index (χ3v) is 7.82. The number of likely N-dealkylation sites (N-methyl/N-ethyl adjacent to an activating group) is 1. The normalized spacial score (nSPS) is 13.7. The smallest absolute Gasteiger partial charge is 0.361 e. The molecule has 0 radical (unpaired) electrons. The molecule has 2 atom stereocenters. The molecule has 0 aliphatic heterocycles. The molecular formula is C42H72NO8+. The average Bonchev–Trinajstić information content (AvgIpc) is 3.08. The summed E-state index contributed by atoms with van der Waals surface area (Å²) in [6, 6.07) is 0. The quantitative estimate of drug-likeness (QED) is 0.0231. The van der Waals surface area contributed by atoms with Crippen molar-refractivity contribution >= 4 is 17.9 Å². The summed E-state index contributed by atoms with van der Waals surface area (Å²) >= 11 is 0. The zero-order chi connectivity index (χ0) is 37.8. The molecule has 51 heavy (non-hydrogen) atoms. The van der Waals surface area contributed by atoms with Crippen LogP contribution in [0.3, 0.4) is 0 Å². The van der Waals surface area contributed by atoms with Crippen molar-refractivity contribution in [3.63, 3.8) is 0 Å². The van der Waals surface area contributed by atoms with Crippen LogP contribution in [0.5, 0.6) is 0 Å². The van der Waals surface area contributed by atoms with Crippen LogP contribution in [0.4, 0.5) is 0 Å². The fraction of sp³-hybridized carbons (Fsp3) is 0.690. The fourth-order valence-corrected chi connectivity index (χ4v) is 4.79. The number of carbonyl (C=O) groups excluding carboxylic acids is 2. The first-order valence-corrected chi connectivity index (χ1v) is 19.5. The van der Waals surface area contributed by atoms with Crippen LogP contribution in [0, 0.1) is 0 Å². The second-order valence-corrected chi connectivity index (χ2v) is 13.9. The van der Waals surface area contributed by atoms with Crippen LogP contribution in [0.25, 0.3) is 0 Å². The van der Waals surface area contributed by atoms with Crippen LogP contribution < -0.4 is 0 Å². The maximum atomic E-state index is 12.6. The SMILES string of the molecule is CC/C=C\C/C=C\C/C=C\C/C=C\C/C=C\CC(=O)OC(COC(=O)CCCCCCCCCCCCC)COC(OCC[N+](C)(C)C)C(=O)O. The molecule has 0 aromatic rings. The van der Waals surface area contributed by atoms with Crippen LogP contribution >= 0.6 is 0 Å². The largest absolute Gasteiger partial charge is 0.477 e. The van der Waals surface area contributed by atoms with Crippen molar-refractivity contribution in [2.24, 2.45) is 0 Å². The molecule has 0 fully saturated rings. The van der Waals surface area contributed by atoms with E-state index in [1.807, 2.05) is 33.3 Å². The van der Waals surface area contributed by atoms with E-state index in [0.29, 0.717) is 17.4 Å². The summed E-state index contributed by atoms with van der Waals surface area (Å²) in [7, 11) is 5.91. The van der Waals surface area contributed by atoms with Gasteiger partial charge in [-0.2, -0.15) is 0 Å². The highest BCUT2D eigenvalue weighted by molar-refractivity contribution is 5.72. The number of hydrogen-bond acceptors (Lipinski definition) is 7. The molecule has 0 aromatic carbocycles. The average molecular weight is 719 g/mol. The third-order valence-electron chi connectivity index (χ3n) is 7.82. The Labute approximate surface area is 310 Å². The number of quaternary nitrogens is 1. The lowest BCUT2D eigenvalue weighted by atomic mass is 10.1. The highest BCUT2D eigenvalue weighted by atomic mass is 16.7. The minimum Gasteiger partial charge on any atom is -0.477 e. The number of allylic oxidation sites excluding steroid dienone is 9. The van der Waals surface area contributed by atoms with Crippen LogP contribution in [-0.4, -0.2) is 87.4 Å². The first-order chi connectivity index (χ1) is 24.6. The van der Waals surface area contributed by atoms with Gasteiger partial charge in [0.25, 0.3) is 6.29 Å². The highest BCUT2D eigenvalue weighted by Crippen LogP contribution is 2.13. The van der Waals surface area contributed by atoms with Gasteiger partial charge >= 0.3 is 17.9 Å². The van der Waals surface area contributed by atoms with E-state index in [2.05, 4.69) is 56.4 Å². The Morgan fingerprint density at radius 1 is 0.608 bits per heavy atom. The molecule has 0 bridgehead atoms. The molecule has 9 nitrogen and oxygen atoms in total. The van der Waals surface area contributed by atoms with Gasteiger partial charge in [-0.15, -0.1) is 0 Å². The Hall–Kier alpha value is -3.01. The first-order valence-electron chi connectivity index (χ1n) is 19.5. The van der Waals surface area contributed by atoms with E-state index in [-0.39, 0.29) is 38.6 Å². The zero-order valence-corrected chi connectivity index (χ0v) is 32.7. The van der Waals surface area contributed by atoms with Crippen molar-refractivity contribution in [2.45, 2.75) is 142 Å². The van der Waals surface area contributed by atoms with Crippen molar-refractivity contribution in [1.29, 1.82) is 0 Å². The Kier molecular flexibility index (Phi) is 32.1. The number of unbranched alkanes of at least 4 members (excludes halogenated alkanes) is 10. The molecule has 0 aliphatic rings. The number of carbonyl (C=O) groups is 3. The molecule has 0 amide bonds. The number of ether oxygens (including phenoxy) is 4. The van der Waals surface area contributed by atoms with Gasteiger partial charge in [-0.1, -0.05) is 139 Å². The molecule has 2 unspecified atom stereocenters. The van der Waals surface area contributed by atoms with E-state index in [1.54, 1.807) is 6.08 Å². The molecule has 0 spiro atoms. The Balaban J connectivity index is 4.70. The summed E-state index contributed by atoms with van der Waals surface area (Å²) in [5.41, 5.74) is 0. The molecule has 0 saturated carbocycles. The van der Waals surface area contributed by atoms with Gasteiger partial charge in [-0.05, 0) is 38.5 Å². The molecule has 9 heteroatoms. The molecule has 1 N–H and O–H groups in total. The van der Waals surface area contributed by atoms with Crippen molar-refractivity contribution in [1.82, 2.24) is 0 Å². The second kappa shape index (κ2) is 34.1. The number of hydrogen-bond donors (Lipinski definition) is 1. The van der Waals surface area contributed by atoms with Gasteiger partial charge in [0.1, 0.15) is 13.2 Å². The molecule has 292 valence electrons. The molecule has 0 aromatic heterocycles. The van der Waals surface area contributed by atoms with Crippen molar-refractivity contribution in [3.05, 3.63) is 60.8 Å². The lowest BCUT2D eigenvalue weighted by molar-refractivity contribution is -0.870. The Bertz CT molecular complexity index is 1020. The maximum absolute atomic E-state index is 12.6. The molecule has 0 heterocycles. The topological polar surface area (TPSA) is 108 Å². The first kappa shape index (κ1) is 48.0. The van der Waals surface area contributed by atoms with Crippen LogP contribution in [0.2, 0.25) is 0 Å². The summed E-state index contributed by atoms with van der Waals surface area (Å²) < 4.78 is 22.5. The predicted octanol–water partition coefficient (Wildman–Crippen LogP) is 9.43. The van der Waals surface area contributed by atoms with Gasteiger partial charge in [0.15, 0.2) is 6.10 Å². The standard InChI is InChI=1S/C42H71NO8/c1-6-8-10-12-14-16-18-19-20-21-23-25-27-29-31-33-40(45)51-38(37-50-42(41(46)47)48-35-34-43(3,4)5)36-49-39(44)32-30-28-26-24-22-17-15-13-11-9-7-2/h8,10,14,16,19-20,23,25,29,31,38,42H,6-7,9,11-13,15,17-18,21-22,24,26-28,30,32-37H2,1-5H3/p+1/b10-8-,16-14-,20-19-,25-23-,31-29-. The minimum atomic E-state index is -1.53. The second-order valence-electron chi connectivity index (χ2n) is 13.9. The summed E-state index contributed by atoms with van der Waals surface area (Å²) in [4.78, 5) is 36.8. The Morgan fingerprint density at radius 2 is 1.10 bits per heavy atom. The highest BCUT2D eigenvalue weighted by Gasteiger charge is 2.24. The lowest BCUT2D eigenvalue weighted by Crippen LogP contribution is -2.40. The molecule has 0 saturated heterocycles. The van der Waals surface area contributed by atoms with Crippen LogP contribution in [0.15, 0.2) is 60.8 Å². The van der Waals surface area contributed by atoms with E-state index >= 15 is 0 Å². The van der Waals surface area contributed by atoms with Crippen molar-refractivity contribution in [2.75, 3.05) is 47.5 Å². The van der Waals surface area contributed by atoms with Crippen LogP contribution in [-0.2, 0) is 33.3 Å². The van der Waals surface area contributed by atoms with E-state index < -0.39 is 24.3 Å². The maximum Gasteiger partial charge on any atom is 0.361 e. The van der Waals surface area contributed by atoms with E-state index in [4.69, 9.17) is 18.9 Å². The number of aliphatic carboxylic acids is 1. The van der Waals surface area contributed by atoms with Gasteiger partial charge in [0.2, 0.25) is 0 Å². The predicted molar refractivity (Wildman–Crippen MR) is 207 cm³/mol. The Morgan fingerprint density at radius 3 is 1.59 bits per heavy atom. The van der Waals surface area contributed by atoms with Gasteiger partial charge in [0.05, 0.1) is 40.8 Å². The van der Waals surface area contributed by atoms with Gasteiger partial charge in [-0.25, -0.2) is 4.79 Å². The summed E-state index contributed by atoms with van der Waals surface area (Å²) in [6.07, 6.45) is 36.0. The van der Waals surface area contributed by atoms with Crippen LogP contribution in [0.1, 0.15) is 129 Å². The van der Waals surface area contributed by atoms with Gasteiger partial charge in [0, 0.05) is 6.42 Å². The number of carboxylic acids is 1. The summed E-state index contributed by atoms with van der Waals surface area (Å²) in [5.74, 6) is -2.18. The molecular weight excluding hydrogens is 646 g/mol. The van der Waals surface area contributed by atoms with Crippen molar-refractivity contribution < 1.29 is 42.9 Å². The summed E-state index contributed by atoms with van der Waals surface area (Å²) in [5, 5.41) is 9.58. The van der Waals surface area contributed by atoms with Gasteiger partial charge < -0.3 is 28.5 Å². The number of esters is 2. The molecule has 0 aliphatic carbocycles. The number of nitrogens with zero attached hydrogens (tertiary/aromatic N) is 1. The van der Waals surface area contributed by atoms with E-state index in [9.17, 15) is 19.5 Å². The van der Waals surface area contributed by atoms with E-state index in [0.717, 1.165) is 44.9 Å².